The van der Waals surface area contributed by atoms with Crippen molar-refractivity contribution in [3.63, 3.8) is 0 Å². The maximum absolute atomic E-state index is 12.4. The van der Waals surface area contributed by atoms with Gasteiger partial charge in [-0.15, -0.1) is 22.7 Å². The van der Waals surface area contributed by atoms with Crippen molar-refractivity contribution in [2.75, 3.05) is 6.54 Å². The van der Waals surface area contributed by atoms with E-state index in [2.05, 4.69) is 44.1 Å². The van der Waals surface area contributed by atoms with Crippen LogP contribution in [0.1, 0.15) is 21.9 Å². The molecule has 0 fully saturated rings. The van der Waals surface area contributed by atoms with E-state index < -0.39 is 0 Å². The van der Waals surface area contributed by atoms with E-state index in [1.54, 1.807) is 22.7 Å². The standard InChI is InChI=1S/C22H23N5OS3/c1-14-4-3-5-16(12-14)21-25-26-22(29)27(21)11-9-20(28)23-10-8-17-6-7-19(31-17)18-13-30-15(2)24-18/h3-7,12-13H,8-11H2,1-2H3,(H,23,28)(H,26,29). The number of hydrogen-bond donors (Lipinski definition) is 2. The minimum atomic E-state index is 0.00481. The molecule has 1 amide bonds. The van der Waals surface area contributed by atoms with Crippen molar-refractivity contribution in [3.8, 4) is 22.0 Å². The number of aromatic nitrogens is 4. The van der Waals surface area contributed by atoms with Gasteiger partial charge >= 0.3 is 0 Å². The summed E-state index contributed by atoms with van der Waals surface area (Å²) >= 11 is 8.75. The van der Waals surface area contributed by atoms with Gasteiger partial charge in [0.2, 0.25) is 5.91 Å². The second-order valence-electron chi connectivity index (χ2n) is 7.24. The monoisotopic (exact) mass is 469 g/mol. The van der Waals surface area contributed by atoms with Crippen molar-refractivity contribution in [1.82, 2.24) is 25.1 Å². The van der Waals surface area contributed by atoms with Crippen LogP contribution in [0.5, 0.6) is 0 Å². The molecule has 160 valence electrons. The summed E-state index contributed by atoms with van der Waals surface area (Å²) in [6.07, 6.45) is 1.15. The first kappa shape index (κ1) is 21.6. The van der Waals surface area contributed by atoms with Gasteiger partial charge in [0.05, 0.1) is 15.6 Å². The lowest BCUT2D eigenvalue weighted by Gasteiger charge is -2.08. The van der Waals surface area contributed by atoms with Gasteiger partial charge in [-0.25, -0.2) is 4.98 Å². The molecule has 0 saturated heterocycles. The Labute approximate surface area is 194 Å². The zero-order valence-electron chi connectivity index (χ0n) is 17.3. The van der Waals surface area contributed by atoms with Crippen molar-refractivity contribution >= 4 is 40.8 Å². The van der Waals surface area contributed by atoms with E-state index in [-0.39, 0.29) is 5.91 Å². The van der Waals surface area contributed by atoms with Crippen LogP contribution in [-0.2, 0) is 17.8 Å². The van der Waals surface area contributed by atoms with Gasteiger partial charge in [-0.1, -0.05) is 23.8 Å². The van der Waals surface area contributed by atoms with E-state index in [1.165, 1.54) is 9.75 Å². The van der Waals surface area contributed by atoms with Crippen LogP contribution in [-0.4, -0.2) is 32.2 Å². The first-order chi connectivity index (χ1) is 15.0. The molecule has 4 aromatic rings. The molecule has 0 saturated carbocycles. The van der Waals surface area contributed by atoms with E-state index in [1.807, 2.05) is 36.6 Å². The first-order valence-electron chi connectivity index (χ1n) is 10.00. The van der Waals surface area contributed by atoms with Crippen LogP contribution in [0, 0.1) is 18.6 Å². The quantitative estimate of drug-likeness (QED) is 0.350. The molecule has 0 radical (unpaired) electrons. The number of nitrogens with one attached hydrogen (secondary N) is 2. The van der Waals surface area contributed by atoms with Crippen LogP contribution >= 0.6 is 34.9 Å². The lowest BCUT2D eigenvalue weighted by atomic mass is 10.1. The predicted octanol–water partition coefficient (Wildman–Crippen LogP) is 5.16. The van der Waals surface area contributed by atoms with E-state index in [9.17, 15) is 4.79 Å². The minimum Gasteiger partial charge on any atom is -0.356 e. The molecule has 0 aliphatic heterocycles. The van der Waals surface area contributed by atoms with Crippen LogP contribution in [0.4, 0.5) is 0 Å². The van der Waals surface area contributed by atoms with Crippen LogP contribution in [0.2, 0.25) is 0 Å². The molecule has 0 spiro atoms. The number of thiazole rings is 1. The second kappa shape index (κ2) is 9.67. The maximum Gasteiger partial charge on any atom is 0.221 e. The number of carbonyl (C=O) groups excluding carboxylic acids is 1. The fourth-order valence-electron chi connectivity index (χ4n) is 3.28. The van der Waals surface area contributed by atoms with Crippen LogP contribution < -0.4 is 5.32 Å². The lowest BCUT2D eigenvalue weighted by molar-refractivity contribution is -0.121. The molecule has 0 unspecified atom stereocenters. The van der Waals surface area contributed by atoms with Gasteiger partial charge in [0.15, 0.2) is 10.6 Å². The molecule has 0 bridgehead atoms. The highest BCUT2D eigenvalue weighted by atomic mass is 32.1. The van der Waals surface area contributed by atoms with Crippen LogP contribution in [0.25, 0.3) is 22.0 Å². The highest BCUT2D eigenvalue weighted by Crippen LogP contribution is 2.29. The number of aromatic amines is 1. The Hall–Kier alpha value is -2.62. The van der Waals surface area contributed by atoms with Crippen molar-refractivity contribution in [3.05, 3.63) is 62.0 Å². The Morgan fingerprint density at radius 3 is 2.90 bits per heavy atom. The van der Waals surface area contributed by atoms with Gasteiger partial charge in [0.1, 0.15) is 0 Å². The van der Waals surface area contributed by atoms with E-state index in [4.69, 9.17) is 12.2 Å². The third kappa shape index (κ3) is 5.36. The molecule has 3 heterocycles. The largest absolute Gasteiger partial charge is 0.356 e. The molecule has 3 aromatic heterocycles. The van der Waals surface area contributed by atoms with Gasteiger partial charge in [-0.2, -0.15) is 5.10 Å². The zero-order valence-corrected chi connectivity index (χ0v) is 19.8. The number of carbonyl (C=O) groups is 1. The molecular weight excluding hydrogens is 446 g/mol. The Morgan fingerprint density at radius 2 is 2.13 bits per heavy atom. The average Bonchev–Trinajstić information content (AvgIpc) is 3.47. The summed E-state index contributed by atoms with van der Waals surface area (Å²) in [7, 11) is 0. The topological polar surface area (TPSA) is 75.6 Å². The van der Waals surface area contributed by atoms with Gasteiger partial charge in [0.25, 0.3) is 0 Å². The molecule has 1 aromatic carbocycles. The number of H-pyrrole nitrogens is 1. The number of amides is 1. The summed E-state index contributed by atoms with van der Waals surface area (Å²) in [5.74, 6) is 0.759. The van der Waals surface area contributed by atoms with Crippen molar-refractivity contribution in [2.24, 2.45) is 0 Å². The minimum absolute atomic E-state index is 0.00481. The van der Waals surface area contributed by atoms with Gasteiger partial charge in [0, 0.05) is 35.3 Å². The number of thiophene rings is 1. The highest BCUT2D eigenvalue weighted by molar-refractivity contribution is 7.71. The number of aryl methyl sites for hydroxylation is 2. The van der Waals surface area contributed by atoms with E-state index in [0.29, 0.717) is 24.3 Å². The molecule has 9 heteroatoms. The Morgan fingerprint density at radius 1 is 1.26 bits per heavy atom. The summed E-state index contributed by atoms with van der Waals surface area (Å²) < 4.78 is 2.40. The molecule has 0 atom stereocenters. The fraction of sp³-hybridized carbons (Fsp3) is 0.273. The Kier molecular flexibility index (Phi) is 6.74. The van der Waals surface area contributed by atoms with Gasteiger partial charge < -0.3 is 5.32 Å². The molecule has 31 heavy (non-hydrogen) atoms. The number of benzene rings is 1. The molecule has 2 N–H and O–H groups in total. The molecule has 6 nitrogen and oxygen atoms in total. The third-order valence-corrected chi connectivity index (χ3v) is 7.08. The Bertz CT molecular complexity index is 1250. The molecule has 0 aliphatic rings. The summed E-state index contributed by atoms with van der Waals surface area (Å²) in [4.78, 5) is 19.3. The maximum atomic E-state index is 12.4. The third-order valence-electron chi connectivity index (χ3n) is 4.82. The van der Waals surface area contributed by atoms with Gasteiger partial charge in [-0.05, 0) is 50.7 Å². The fourth-order valence-corrected chi connectivity index (χ4v) is 5.16. The van der Waals surface area contributed by atoms with Gasteiger partial charge in [-0.3, -0.25) is 14.5 Å². The smallest absolute Gasteiger partial charge is 0.221 e. The Balaban J connectivity index is 1.29. The summed E-state index contributed by atoms with van der Waals surface area (Å²) in [5, 5.41) is 13.4. The predicted molar refractivity (Wildman–Crippen MR) is 129 cm³/mol. The highest BCUT2D eigenvalue weighted by Gasteiger charge is 2.11. The number of nitrogens with zero attached hydrogens (tertiary/aromatic N) is 3. The van der Waals surface area contributed by atoms with E-state index in [0.717, 1.165) is 34.1 Å². The average molecular weight is 470 g/mol. The second-order valence-corrected chi connectivity index (χ2v) is 9.86. The van der Waals surface area contributed by atoms with Crippen LogP contribution in [0.15, 0.2) is 41.8 Å². The van der Waals surface area contributed by atoms with E-state index >= 15 is 0 Å². The number of rotatable bonds is 8. The number of hydrogen-bond acceptors (Lipinski definition) is 6. The van der Waals surface area contributed by atoms with Crippen LogP contribution in [0.3, 0.4) is 0 Å². The normalized spacial score (nSPS) is 11.0. The van der Waals surface area contributed by atoms with Crippen molar-refractivity contribution in [1.29, 1.82) is 0 Å². The SMILES string of the molecule is Cc1cccc(-c2n[nH]c(=S)n2CCC(=O)NCCc2ccc(-c3csc(C)n3)s2)c1. The molecule has 0 aliphatic carbocycles. The summed E-state index contributed by atoms with van der Waals surface area (Å²) in [5.41, 5.74) is 3.16. The molecular formula is C22H23N5OS3. The first-order valence-corrected chi connectivity index (χ1v) is 12.1. The molecule has 4 rings (SSSR count). The summed E-state index contributed by atoms with van der Waals surface area (Å²) in [6.45, 7) is 5.14. The summed E-state index contributed by atoms with van der Waals surface area (Å²) in [6, 6.07) is 12.3. The van der Waals surface area contributed by atoms with Crippen molar-refractivity contribution < 1.29 is 4.79 Å². The zero-order chi connectivity index (χ0) is 21.8. The van der Waals surface area contributed by atoms with Crippen molar-refractivity contribution in [2.45, 2.75) is 33.2 Å². The lowest BCUT2D eigenvalue weighted by Crippen LogP contribution is -2.26.